The zero-order valence-electron chi connectivity index (χ0n) is 8.62. The highest BCUT2D eigenvalue weighted by Gasteiger charge is 2.28. The summed E-state index contributed by atoms with van der Waals surface area (Å²) in [6, 6.07) is 0. The minimum atomic E-state index is -0.627. The van der Waals surface area contributed by atoms with Crippen molar-refractivity contribution in [2.24, 2.45) is 17.8 Å². The molecular formula is C11H20O2. The lowest BCUT2D eigenvalue weighted by Crippen LogP contribution is -2.26. The molecule has 76 valence electrons. The largest absolute Gasteiger partial charge is 0.481 e. The van der Waals surface area contributed by atoms with Gasteiger partial charge in [-0.25, -0.2) is 0 Å². The lowest BCUT2D eigenvalue weighted by atomic mass is 9.72. The molecule has 1 fully saturated rings. The molecule has 0 aromatic heterocycles. The summed E-state index contributed by atoms with van der Waals surface area (Å²) in [5, 5.41) is 8.77. The van der Waals surface area contributed by atoms with Crippen LogP contribution in [0.25, 0.3) is 0 Å². The van der Waals surface area contributed by atoms with Gasteiger partial charge < -0.3 is 5.11 Å². The average Bonchev–Trinajstić information content (AvgIpc) is 2.03. The summed E-state index contributed by atoms with van der Waals surface area (Å²) in [4.78, 5) is 10.6. The monoisotopic (exact) mass is 184 g/mol. The molecule has 0 radical (unpaired) electrons. The van der Waals surface area contributed by atoms with E-state index < -0.39 is 5.97 Å². The van der Waals surface area contributed by atoms with Crippen LogP contribution in [0.3, 0.4) is 0 Å². The van der Waals surface area contributed by atoms with E-state index in [1.807, 2.05) is 0 Å². The Morgan fingerprint density at radius 2 is 2.00 bits per heavy atom. The Balaban J connectivity index is 2.51. The normalized spacial score (nSPS) is 29.2. The second kappa shape index (κ2) is 4.64. The van der Waals surface area contributed by atoms with Gasteiger partial charge in [0.1, 0.15) is 0 Å². The minimum Gasteiger partial charge on any atom is -0.481 e. The molecule has 2 heteroatoms. The van der Waals surface area contributed by atoms with E-state index in [2.05, 4.69) is 13.8 Å². The average molecular weight is 184 g/mol. The molecule has 2 unspecified atom stereocenters. The molecule has 1 saturated carbocycles. The Morgan fingerprint density at radius 3 is 2.54 bits per heavy atom. The van der Waals surface area contributed by atoms with Crippen LogP contribution in [0, 0.1) is 17.8 Å². The molecule has 1 rings (SSSR count). The van der Waals surface area contributed by atoms with Crippen molar-refractivity contribution in [1.82, 2.24) is 0 Å². The number of carboxylic acids is 1. The molecule has 2 atom stereocenters. The molecule has 0 aromatic rings. The van der Waals surface area contributed by atoms with E-state index in [0.29, 0.717) is 24.2 Å². The first kappa shape index (κ1) is 10.6. The van der Waals surface area contributed by atoms with Crippen LogP contribution in [-0.2, 0) is 4.79 Å². The van der Waals surface area contributed by atoms with Crippen LogP contribution >= 0.6 is 0 Å². The first-order valence-electron chi connectivity index (χ1n) is 5.33. The molecule has 1 aliphatic rings. The van der Waals surface area contributed by atoms with Crippen LogP contribution in [0.4, 0.5) is 0 Å². The van der Waals surface area contributed by atoms with Crippen molar-refractivity contribution in [2.75, 3.05) is 0 Å². The number of carboxylic acid groups (broad SMARTS) is 1. The van der Waals surface area contributed by atoms with Gasteiger partial charge in [0.05, 0.1) is 0 Å². The molecule has 0 spiro atoms. The smallest absolute Gasteiger partial charge is 0.303 e. The minimum absolute atomic E-state index is 0.378. The Bertz CT molecular complexity index is 175. The van der Waals surface area contributed by atoms with Crippen molar-refractivity contribution in [3.63, 3.8) is 0 Å². The van der Waals surface area contributed by atoms with Crippen LogP contribution in [0.1, 0.15) is 46.0 Å². The zero-order chi connectivity index (χ0) is 9.84. The van der Waals surface area contributed by atoms with Crippen molar-refractivity contribution in [3.8, 4) is 0 Å². The number of aliphatic carboxylic acids is 1. The number of hydrogen-bond donors (Lipinski definition) is 1. The Labute approximate surface area is 80.3 Å². The first-order valence-corrected chi connectivity index (χ1v) is 5.33. The van der Waals surface area contributed by atoms with Gasteiger partial charge in [-0.2, -0.15) is 0 Å². The third-order valence-corrected chi connectivity index (χ3v) is 3.26. The molecule has 0 heterocycles. The van der Waals surface area contributed by atoms with E-state index in [9.17, 15) is 4.79 Å². The fourth-order valence-electron chi connectivity index (χ4n) is 2.59. The molecule has 1 N–H and O–H groups in total. The maximum absolute atomic E-state index is 10.6. The van der Waals surface area contributed by atoms with Gasteiger partial charge >= 0.3 is 5.97 Å². The Morgan fingerprint density at radius 1 is 1.38 bits per heavy atom. The quantitative estimate of drug-likeness (QED) is 0.732. The maximum atomic E-state index is 10.6. The third kappa shape index (κ3) is 3.02. The van der Waals surface area contributed by atoms with Gasteiger partial charge in [-0.1, -0.05) is 26.7 Å². The van der Waals surface area contributed by atoms with E-state index in [-0.39, 0.29) is 0 Å². The lowest BCUT2D eigenvalue weighted by molar-refractivity contribution is -0.139. The Hall–Kier alpha value is -0.530. The molecule has 0 bridgehead atoms. The van der Waals surface area contributed by atoms with Crippen molar-refractivity contribution in [3.05, 3.63) is 0 Å². The highest BCUT2D eigenvalue weighted by Crippen LogP contribution is 2.36. The summed E-state index contributed by atoms with van der Waals surface area (Å²) in [5.41, 5.74) is 0. The van der Waals surface area contributed by atoms with Crippen LogP contribution in [0.5, 0.6) is 0 Å². The van der Waals surface area contributed by atoms with Crippen LogP contribution in [0.15, 0.2) is 0 Å². The fraction of sp³-hybridized carbons (Fsp3) is 0.909. The molecule has 0 amide bonds. The standard InChI is InChI=1S/C11H20O2/c1-8(2)10-6-4-3-5-9(10)7-11(12)13/h8-10H,3-7H2,1-2H3,(H,12,13). The lowest BCUT2D eigenvalue weighted by Gasteiger charge is -2.33. The zero-order valence-corrected chi connectivity index (χ0v) is 8.62. The first-order chi connectivity index (χ1) is 6.11. The predicted octanol–water partition coefficient (Wildman–Crippen LogP) is 2.92. The van der Waals surface area contributed by atoms with Crippen LogP contribution < -0.4 is 0 Å². The van der Waals surface area contributed by atoms with Gasteiger partial charge in [0, 0.05) is 6.42 Å². The molecule has 0 aliphatic heterocycles. The maximum Gasteiger partial charge on any atom is 0.303 e. The highest BCUT2D eigenvalue weighted by molar-refractivity contribution is 5.67. The van der Waals surface area contributed by atoms with Crippen LogP contribution in [-0.4, -0.2) is 11.1 Å². The molecule has 0 aromatic carbocycles. The number of rotatable bonds is 3. The molecule has 0 saturated heterocycles. The van der Waals surface area contributed by atoms with Crippen molar-refractivity contribution < 1.29 is 9.90 Å². The third-order valence-electron chi connectivity index (χ3n) is 3.26. The molecule has 2 nitrogen and oxygen atoms in total. The highest BCUT2D eigenvalue weighted by atomic mass is 16.4. The second-order valence-corrected chi connectivity index (χ2v) is 4.55. The van der Waals surface area contributed by atoms with Crippen molar-refractivity contribution in [2.45, 2.75) is 46.0 Å². The summed E-state index contributed by atoms with van der Waals surface area (Å²) in [6.07, 6.45) is 5.24. The number of carbonyl (C=O) groups is 1. The summed E-state index contributed by atoms with van der Waals surface area (Å²) in [5.74, 6) is 1.10. The van der Waals surface area contributed by atoms with E-state index >= 15 is 0 Å². The summed E-state index contributed by atoms with van der Waals surface area (Å²) >= 11 is 0. The molecular weight excluding hydrogens is 164 g/mol. The van der Waals surface area contributed by atoms with Gasteiger partial charge in [0.25, 0.3) is 0 Å². The topological polar surface area (TPSA) is 37.3 Å². The van der Waals surface area contributed by atoms with Crippen molar-refractivity contribution >= 4 is 5.97 Å². The van der Waals surface area contributed by atoms with Crippen molar-refractivity contribution in [1.29, 1.82) is 0 Å². The second-order valence-electron chi connectivity index (χ2n) is 4.55. The van der Waals surface area contributed by atoms with E-state index in [4.69, 9.17) is 5.11 Å². The molecule has 1 aliphatic carbocycles. The van der Waals surface area contributed by atoms with Crippen LogP contribution in [0.2, 0.25) is 0 Å². The van der Waals surface area contributed by atoms with E-state index in [1.54, 1.807) is 0 Å². The summed E-state index contributed by atoms with van der Waals surface area (Å²) in [7, 11) is 0. The van der Waals surface area contributed by atoms with E-state index in [1.165, 1.54) is 19.3 Å². The number of hydrogen-bond acceptors (Lipinski definition) is 1. The summed E-state index contributed by atoms with van der Waals surface area (Å²) < 4.78 is 0. The fourth-order valence-corrected chi connectivity index (χ4v) is 2.59. The van der Waals surface area contributed by atoms with Gasteiger partial charge in [0.2, 0.25) is 0 Å². The van der Waals surface area contributed by atoms with E-state index in [0.717, 1.165) is 6.42 Å². The molecule has 13 heavy (non-hydrogen) atoms. The van der Waals surface area contributed by atoms with Gasteiger partial charge in [-0.05, 0) is 30.6 Å². The predicted molar refractivity (Wildman–Crippen MR) is 52.5 cm³/mol. The Kier molecular flexibility index (Phi) is 3.76. The SMILES string of the molecule is CC(C)C1CCCCC1CC(=O)O. The van der Waals surface area contributed by atoms with Gasteiger partial charge in [-0.15, -0.1) is 0 Å². The van der Waals surface area contributed by atoms with Gasteiger partial charge in [0.15, 0.2) is 0 Å². The summed E-state index contributed by atoms with van der Waals surface area (Å²) in [6.45, 7) is 4.43. The van der Waals surface area contributed by atoms with Gasteiger partial charge in [-0.3, -0.25) is 4.79 Å².